The summed E-state index contributed by atoms with van der Waals surface area (Å²) in [5, 5.41) is 11.6. The highest BCUT2D eigenvalue weighted by molar-refractivity contribution is 5.47. The van der Waals surface area contributed by atoms with Crippen LogP contribution in [0.1, 0.15) is 61.2 Å². The molecule has 0 bridgehead atoms. The average molecular weight is 1310 g/mol. The zero-order valence-corrected chi connectivity index (χ0v) is 55.4. The lowest BCUT2D eigenvalue weighted by molar-refractivity contribution is -0.221. The Morgan fingerprint density at radius 3 is 0.622 bits per heavy atom. The Bertz CT molecular complexity index is 3770. The summed E-state index contributed by atoms with van der Waals surface area (Å²) in [6.45, 7) is 1.12. The lowest BCUT2D eigenvalue weighted by Gasteiger charge is -2.41. The molecule has 8 atom stereocenters. The topological polar surface area (TPSA) is 113 Å². The summed E-state index contributed by atoms with van der Waals surface area (Å²) in [6.07, 6.45) is -7.10. The maximum absolute atomic E-state index is 11.6. The lowest BCUT2D eigenvalue weighted by atomic mass is 9.80. The van der Waals surface area contributed by atoms with Crippen LogP contribution in [0.4, 0.5) is 0 Å². The molecule has 502 valence electrons. The number of aliphatic hydroxyl groups is 1. The molecular weight excluding hydrogens is 1220 g/mol. The quantitative estimate of drug-likeness (QED) is 0.0370. The van der Waals surface area contributed by atoms with Crippen molar-refractivity contribution >= 4 is 0 Å². The Morgan fingerprint density at radius 2 is 0.398 bits per heavy atom. The Labute approximate surface area is 578 Å². The molecule has 11 aromatic carbocycles. The minimum Gasteiger partial charge on any atom is -0.394 e. The predicted octanol–water partition coefficient (Wildman–Crippen LogP) is 16.7. The molecule has 98 heavy (non-hydrogen) atoms. The van der Waals surface area contributed by atoms with E-state index < -0.39 is 54.4 Å². The van der Waals surface area contributed by atoms with Gasteiger partial charge in [-0.1, -0.05) is 334 Å². The van der Waals surface area contributed by atoms with Gasteiger partial charge in [-0.15, -0.1) is 0 Å². The minimum atomic E-state index is -1.13. The van der Waals surface area contributed by atoms with Gasteiger partial charge in [-0.25, -0.2) is 0 Å². The number of rotatable bonds is 41. The number of hydrogen-bond donors (Lipinski definition) is 1. The van der Waals surface area contributed by atoms with E-state index in [2.05, 4.69) is 72.8 Å². The first-order valence-electron chi connectivity index (χ1n) is 33.8. The van der Waals surface area contributed by atoms with Crippen molar-refractivity contribution in [1.82, 2.24) is 0 Å². The molecule has 0 aliphatic carbocycles. The van der Waals surface area contributed by atoms with Crippen LogP contribution in [0, 0.1) is 0 Å². The van der Waals surface area contributed by atoms with Crippen molar-refractivity contribution < 1.29 is 52.5 Å². The zero-order valence-electron chi connectivity index (χ0n) is 55.4. The summed E-state index contributed by atoms with van der Waals surface area (Å²) >= 11 is 0. The van der Waals surface area contributed by atoms with Gasteiger partial charge < -0.3 is 52.5 Å². The Kier molecular flexibility index (Phi) is 27.8. The van der Waals surface area contributed by atoms with Crippen LogP contribution in [-0.2, 0) is 106 Å². The second-order valence-corrected chi connectivity index (χ2v) is 24.2. The van der Waals surface area contributed by atoms with E-state index in [0.29, 0.717) is 0 Å². The maximum Gasteiger partial charge on any atom is 0.143 e. The van der Waals surface area contributed by atoms with E-state index in [1.54, 1.807) is 0 Å². The highest BCUT2D eigenvalue weighted by atomic mass is 16.6. The summed E-state index contributed by atoms with van der Waals surface area (Å²) in [6, 6.07) is 112. The fraction of sp³-hybridized carbons (Fsp3) is 0.241. The molecule has 11 nitrogen and oxygen atoms in total. The van der Waals surface area contributed by atoms with E-state index in [1.807, 2.05) is 261 Å². The van der Waals surface area contributed by atoms with Crippen LogP contribution < -0.4 is 0 Å². The summed E-state index contributed by atoms with van der Waals surface area (Å²) in [5.74, 6) is 0. The highest BCUT2D eigenvalue weighted by Crippen LogP contribution is 2.41. The lowest BCUT2D eigenvalue weighted by Crippen LogP contribution is -2.54. The van der Waals surface area contributed by atoms with E-state index in [1.165, 1.54) is 0 Å². The molecular formula is C87H88O11. The van der Waals surface area contributed by atoms with Gasteiger partial charge in [0.2, 0.25) is 0 Å². The third-order valence-electron chi connectivity index (χ3n) is 17.2. The van der Waals surface area contributed by atoms with Gasteiger partial charge >= 0.3 is 0 Å². The van der Waals surface area contributed by atoms with Crippen molar-refractivity contribution in [1.29, 1.82) is 0 Å². The third kappa shape index (κ3) is 21.0. The molecule has 0 aliphatic rings. The van der Waals surface area contributed by atoms with Crippen LogP contribution in [0.5, 0.6) is 0 Å². The Morgan fingerprint density at radius 1 is 0.214 bits per heavy atom. The van der Waals surface area contributed by atoms with Crippen LogP contribution in [-0.4, -0.2) is 80.4 Å². The molecule has 0 unspecified atom stereocenters. The van der Waals surface area contributed by atoms with E-state index in [4.69, 9.17) is 47.4 Å². The summed E-state index contributed by atoms with van der Waals surface area (Å²) in [7, 11) is 0. The Balaban J connectivity index is 1.02. The SMILES string of the molecule is OC[C@H](OCc1ccccc1)[C@H](OCc1ccccc1)[C@@H](OCc1ccccc1)[C@H](COC[C@@H](OCc1ccccc1)[C@@H](OCc1ccccc1)[C@H](OCc1ccccc1)[C@@H](COC(c1ccccc1)(c1ccccc1)c1ccccc1)OCc1ccccc1)OCc1ccccc1. The zero-order chi connectivity index (χ0) is 66.9. The molecule has 0 fully saturated rings. The van der Waals surface area contributed by atoms with Gasteiger partial charge in [0, 0.05) is 0 Å². The van der Waals surface area contributed by atoms with Gasteiger partial charge in [-0.3, -0.25) is 0 Å². The molecule has 11 rings (SSSR count). The van der Waals surface area contributed by atoms with Crippen LogP contribution in [0.15, 0.2) is 334 Å². The molecule has 0 aromatic heterocycles. The first-order chi connectivity index (χ1) is 48.6. The first kappa shape index (κ1) is 70.3. The molecule has 0 heterocycles. The van der Waals surface area contributed by atoms with Crippen LogP contribution in [0.2, 0.25) is 0 Å². The largest absolute Gasteiger partial charge is 0.394 e. The number of hydrogen-bond acceptors (Lipinski definition) is 11. The maximum atomic E-state index is 11.6. The molecule has 0 radical (unpaired) electrons. The molecule has 0 saturated carbocycles. The van der Waals surface area contributed by atoms with E-state index in [0.717, 1.165) is 61.2 Å². The smallest absolute Gasteiger partial charge is 0.143 e. The first-order valence-corrected chi connectivity index (χ1v) is 33.8. The summed E-state index contributed by atoms with van der Waals surface area (Å²) < 4.78 is 72.9. The van der Waals surface area contributed by atoms with E-state index in [-0.39, 0.29) is 79.3 Å². The van der Waals surface area contributed by atoms with Crippen molar-refractivity contribution in [3.05, 3.63) is 395 Å². The summed E-state index contributed by atoms with van der Waals surface area (Å²) in [4.78, 5) is 0. The Hall–Kier alpha value is -9.02. The number of benzene rings is 11. The minimum absolute atomic E-state index is 0.0149. The van der Waals surface area contributed by atoms with Crippen molar-refractivity contribution in [3.63, 3.8) is 0 Å². The highest BCUT2D eigenvalue weighted by Gasteiger charge is 2.44. The molecule has 11 aromatic rings. The van der Waals surface area contributed by atoms with Gasteiger partial charge in [-0.05, 0) is 61.2 Å². The average Bonchev–Trinajstić information content (AvgIpc) is 0.759. The van der Waals surface area contributed by atoms with Gasteiger partial charge in [0.25, 0.3) is 0 Å². The van der Waals surface area contributed by atoms with Crippen molar-refractivity contribution in [2.24, 2.45) is 0 Å². The number of ether oxygens (including phenoxy) is 10. The monoisotopic (exact) mass is 1310 g/mol. The van der Waals surface area contributed by atoms with Gasteiger partial charge in [-0.2, -0.15) is 0 Å². The summed E-state index contributed by atoms with van der Waals surface area (Å²) in [5.41, 5.74) is 9.23. The third-order valence-corrected chi connectivity index (χ3v) is 17.2. The second kappa shape index (κ2) is 38.8. The molecule has 0 amide bonds. The van der Waals surface area contributed by atoms with Gasteiger partial charge in [0.1, 0.15) is 54.4 Å². The normalized spacial score (nSPS) is 14.1. The van der Waals surface area contributed by atoms with Crippen LogP contribution >= 0.6 is 0 Å². The van der Waals surface area contributed by atoms with Crippen LogP contribution in [0.25, 0.3) is 0 Å². The molecule has 0 spiro atoms. The number of aliphatic hydroxyl groups excluding tert-OH is 1. The molecule has 1 N–H and O–H groups in total. The fourth-order valence-corrected chi connectivity index (χ4v) is 12.1. The molecule has 11 heteroatoms. The van der Waals surface area contributed by atoms with Gasteiger partial charge in [0.05, 0.1) is 79.3 Å². The van der Waals surface area contributed by atoms with E-state index >= 15 is 0 Å². The van der Waals surface area contributed by atoms with Gasteiger partial charge in [0.15, 0.2) is 0 Å². The molecule has 0 aliphatic heterocycles. The predicted molar refractivity (Wildman–Crippen MR) is 383 cm³/mol. The van der Waals surface area contributed by atoms with Crippen LogP contribution in [0.3, 0.4) is 0 Å². The van der Waals surface area contributed by atoms with E-state index in [9.17, 15) is 5.11 Å². The standard InChI is InChI=1S/C87H88O11/c88-56-79(90-57-68-34-12-1-13-35-68)83(94-61-72-42-20-5-21-43-72)84(95-62-73-44-22-6-23-45-73)80(91-58-69-36-14-2-15-37-69)65-89-66-81(92-59-70-38-16-3-17-39-70)85(96-63-74-46-24-7-25-47-74)86(97-64-75-48-26-8-27-49-75)82(93-60-71-40-18-4-19-41-71)67-98-87(76-50-28-9-29-51-76,77-52-30-10-31-53-77)78-54-32-11-33-55-78/h1-55,79-86,88H,56-67H2/t79-,80-,81+,82+,83-,84-,85+,86+/m0/s1. The van der Waals surface area contributed by atoms with Crippen molar-refractivity contribution in [2.75, 3.05) is 26.4 Å². The molecule has 0 saturated heterocycles. The van der Waals surface area contributed by atoms with Crippen molar-refractivity contribution in [2.45, 2.75) is 107 Å². The van der Waals surface area contributed by atoms with Crippen molar-refractivity contribution in [3.8, 4) is 0 Å². The second-order valence-electron chi connectivity index (χ2n) is 24.2. The fourth-order valence-electron chi connectivity index (χ4n) is 12.1.